The highest BCUT2D eigenvalue weighted by Crippen LogP contribution is 2.28. The highest BCUT2D eigenvalue weighted by Gasteiger charge is 2.22. The van der Waals surface area contributed by atoms with Gasteiger partial charge in [0.15, 0.2) is 0 Å². The van der Waals surface area contributed by atoms with Crippen molar-refractivity contribution < 1.29 is 4.79 Å². The molecule has 0 aromatic rings. The first-order valence-electron chi connectivity index (χ1n) is 6.14. The first-order valence-corrected chi connectivity index (χ1v) is 6.14. The number of hydrogen-bond acceptors (Lipinski definition) is 1. The lowest BCUT2D eigenvalue weighted by Gasteiger charge is -2.27. The van der Waals surface area contributed by atoms with E-state index in [0.717, 1.165) is 19.5 Å². The molecule has 80 valence electrons. The van der Waals surface area contributed by atoms with E-state index in [1.54, 1.807) is 0 Å². The maximum Gasteiger partial charge on any atom is 0.222 e. The Labute approximate surface area is 86.7 Å². The van der Waals surface area contributed by atoms with Gasteiger partial charge in [0.2, 0.25) is 5.91 Å². The normalized spacial score (nSPS) is 24.1. The molecule has 2 aliphatic rings. The van der Waals surface area contributed by atoms with Crippen LogP contribution in [0.25, 0.3) is 0 Å². The number of carbonyl (C=O) groups is 1. The molecule has 1 saturated carbocycles. The molecule has 2 fully saturated rings. The van der Waals surface area contributed by atoms with Gasteiger partial charge in [-0.1, -0.05) is 12.8 Å². The van der Waals surface area contributed by atoms with Gasteiger partial charge < -0.3 is 4.90 Å². The van der Waals surface area contributed by atoms with Crippen molar-refractivity contribution in [3.63, 3.8) is 0 Å². The molecule has 0 unspecified atom stereocenters. The van der Waals surface area contributed by atoms with Crippen LogP contribution < -0.4 is 0 Å². The Kier molecular flexibility index (Phi) is 3.44. The van der Waals surface area contributed by atoms with Gasteiger partial charge in [0.25, 0.3) is 0 Å². The van der Waals surface area contributed by atoms with E-state index in [9.17, 15) is 4.79 Å². The molecule has 2 nitrogen and oxygen atoms in total. The van der Waals surface area contributed by atoms with E-state index in [-0.39, 0.29) is 0 Å². The van der Waals surface area contributed by atoms with E-state index in [1.807, 2.05) is 0 Å². The van der Waals surface area contributed by atoms with Crippen molar-refractivity contribution in [3.8, 4) is 0 Å². The van der Waals surface area contributed by atoms with E-state index in [2.05, 4.69) is 4.90 Å². The van der Waals surface area contributed by atoms with Crippen LogP contribution >= 0.6 is 0 Å². The van der Waals surface area contributed by atoms with E-state index in [4.69, 9.17) is 0 Å². The van der Waals surface area contributed by atoms with Crippen LogP contribution in [0.4, 0.5) is 0 Å². The molecule has 0 radical (unpaired) electrons. The molecule has 0 aromatic heterocycles. The molecular formula is C12H21NO. The average Bonchev–Trinajstić information content (AvgIpc) is 2.72. The Bertz CT molecular complexity index is 190. The number of likely N-dealkylation sites (tertiary alicyclic amines) is 1. The zero-order chi connectivity index (χ0) is 9.80. The first kappa shape index (κ1) is 10.0. The molecule has 1 aliphatic carbocycles. The third-order valence-corrected chi connectivity index (χ3v) is 3.65. The largest absolute Gasteiger partial charge is 0.343 e. The van der Waals surface area contributed by atoms with Gasteiger partial charge in [0.1, 0.15) is 0 Å². The number of rotatable bonds is 2. The fraction of sp³-hybridized carbons (Fsp3) is 0.917. The van der Waals surface area contributed by atoms with E-state index < -0.39 is 0 Å². The van der Waals surface area contributed by atoms with Crippen LogP contribution in [0.2, 0.25) is 0 Å². The minimum atomic E-state index is 0.427. The summed E-state index contributed by atoms with van der Waals surface area (Å²) in [4.78, 5) is 14.0. The second kappa shape index (κ2) is 4.81. The molecule has 2 rings (SSSR count). The van der Waals surface area contributed by atoms with Crippen LogP contribution in [-0.2, 0) is 4.79 Å². The lowest BCUT2D eigenvalue weighted by atomic mass is 10.0. The fourth-order valence-electron chi connectivity index (χ4n) is 2.73. The lowest BCUT2D eigenvalue weighted by Crippen LogP contribution is -2.36. The first-order chi connectivity index (χ1) is 6.86. The van der Waals surface area contributed by atoms with Gasteiger partial charge in [-0.3, -0.25) is 4.79 Å². The predicted octanol–water partition coefficient (Wildman–Crippen LogP) is 2.58. The van der Waals surface area contributed by atoms with Crippen molar-refractivity contribution in [2.45, 2.75) is 51.4 Å². The summed E-state index contributed by atoms with van der Waals surface area (Å²) in [6, 6.07) is 0. The number of piperidine rings is 1. The van der Waals surface area contributed by atoms with Crippen molar-refractivity contribution >= 4 is 5.91 Å². The van der Waals surface area contributed by atoms with Crippen LogP contribution in [0.1, 0.15) is 51.4 Å². The maximum atomic E-state index is 11.9. The van der Waals surface area contributed by atoms with Gasteiger partial charge in [-0.15, -0.1) is 0 Å². The summed E-state index contributed by atoms with van der Waals surface area (Å²) in [5.74, 6) is 1.14. The van der Waals surface area contributed by atoms with Crippen LogP contribution in [0.5, 0.6) is 0 Å². The third-order valence-electron chi connectivity index (χ3n) is 3.65. The van der Waals surface area contributed by atoms with Crippen molar-refractivity contribution in [2.75, 3.05) is 13.1 Å². The van der Waals surface area contributed by atoms with Gasteiger partial charge >= 0.3 is 0 Å². The average molecular weight is 195 g/mol. The Hall–Kier alpha value is -0.530. The molecule has 0 atom stereocenters. The maximum absolute atomic E-state index is 11.9. The van der Waals surface area contributed by atoms with Gasteiger partial charge in [-0.2, -0.15) is 0 Å². The minimum absolute atomic E-state index is 0.427. The Balaban J connectivity index is 1.75. The number of nitrogens with zero attached hydrogens (tertiary/aromatic N) is 1. The molecule has 2 heteroatoms. The molecule has 1 heterocycles. The SMILES string of the molecule is O=C(CC1CCCC1)N1CCCCC1. The quantitative estimate of drug-likeness (QED) is 0.663. The topological polar surface area (TPSA) is 20.3 Å². The molecule has 1 saturated heterocycles. The summed E-state index contributed by atoms with van der Waals surface area (Å²) >= 11 is 0. The molecule has 0 N–H and O–H groups in total. The lowest BCUT2D eigenvalue weighted by molar-refractivity contribution is -0.133. The van der Waals surface area contributed by atoms with Gasteiger partial charge in [0, 0.05) is 19.5 Å². The molecule has 0 aromatic carbocycles. The van der Waals surface area contributed by atoms with Crippen molar-refractivity contribution in [1.29, 1.82) is 0 Å². The third kappa shape index (κ3) is 2.49. The van der Waals surface area contributed by atoms with Gasteiger partial charge in [-0.05, 0) is 38.0 Å². The minimum Gasteiger partial charge on any atom is -0.343 e. The monoisotopic (exact) mass is 195 g/mol. The number of carbonyl (C=O) groups excluding carboxylic acids is 1. The summed E-state index contributed by atoms with van der Waals surface area (Å²) in [5.41, 5.74) is 0. The molecule has 1 aliphatic heterocycles. The zero-order valence-electron chi connectivity index (χ0n) is 9.00. The van der Waals surface area contributed by atoms with E-state index in [1.165, 1.54) is 44.9 Å². The Morgan fingerprint density at radius 2 is 1.64 bits per heavy atom. The molecule has 0 spiro atoms. The number of amides is 1. The Morgan fingerprint density at radius 1 is 1.00 bits per heavy atom. The van der Waals surface area contributed by atoms with E-state index >= 15 is 0 Å². The molecular weight excluding hydrogens is 174 g/mol. The van der Waals surface area contributed by atoms with E-state index in [0.29, 0.717) is 11.8 Å². The van der Waals surface area contributed by atoms with Crippen LogP contribution in [0.15, 0.2) is 0 Å². The van der Waals surface area contributed by atoms with Gasteiger partial charge in [0.05, 0.1) is 0 Å². The molecule has 1 amide bonds. The van der Waals surface area contributed by atoms with Crippen LogP contribution in [0, 0.1) is 5.92 Å². The van der Waals surface area contributed by atoms with Crippen LogP contribution in [-0.4, -0.2) is 23.9 Å². The smallest absolute Gasteiger partial charge is 0.222 e. The van der Waals surface area contributed by atoms with Crippen molar-refractivity contribution in [1.82, 2.24) is 4.90 Å². The summed E-state index contributed by atoms with van der Waals surface area (Å²) in [6.45, 7) is 2.04. The van der Waals surface area contributed by atoms with Crippen LogP contribution in [0.3, 0.4) is 0 Å². The highest BCUT2D eigenvalue weighted by molar-refractivity contribution is 5.76. The number of hydrogen-bond donors (Lipinski definition) is 0. The molecule has 0 bridgehead atoms. The van der Waals surface area contributed by atoms with Crippen molar-refractivity contribution in [3.05, 3.63) is 0 Å². The Morgan fingerprint density at radius 3 is 2.29 bits per heavy atom. The highest BCUT2D eigenvalue weighted by atomic mass is 16.2. The summed E-state index contributed by atoms with van der Waals surface area (Å²) in [6.07, 6.45) is 9.86. The fourth-order valence-corrected chi connectivity index (χ4v) is 2.73. The van der Waals surface area contributed by atoms with Crippen molar-refractivity contribution in [2.24, 2.45) is 5.92 Å². The zero-order valence-corrected chi connectivity index (χ0v) is 9.00. The second-order valence-electron chi connectivity index (χ2n) is 4.80. The summed E-state index contributed by atoms with van der Waals surface area (Å²) in [7, 11) is 0. The molecule has 14 heavy (non-hydrogen) atoms. The van der Waals surface area contributed by atoms with Gasteiger partial charge in [-0.25, -0.2) is 0 Å². The predicted molar refractivity (Wildman–Crippen MR) is 57.0 cm³/mol. The summed E-state index contributed by atoms with van der Waals surface area (Å²) < 4.78 is 0. The standard InChI is InChI=1S/C12H21NO/c14-12(10-11-6-2-3-7-11)13-8-4-1-5-9-13/h11H,1-10H2. The summed E-state index contributed by atoms with van der Waals surface area (Å²) in [5, 5.41) is 0. The second-order valence-corrected chi connectivity index (χ2v) is 4.80.